The number of aryl methyl sites for hydroxylation is 2. The molecule has 2 amide bonds. The normalized spacial score (nSPS) is 20.7. The monoisotopic (exact) mass is 521 g/mol. The van der Waals surface area contributed by atoms with Crippen LogP contribution in [0.3, 0.4) is 0 Å². The number of aromatic amines is 1. The predicted octanol–water partition coefficient (Wildman–Crippen LogP) is 3.27. The number of fused-ring (bicyclic) bond motifs is 1. The first-order valence-corrected chi connectivity index (χ1v) is 13.2. The van der Waals surface area contributed by atoms with Crippen LogP contribution in [0.2, 0.25) is 0 Å². The third-order valence-corrected chi connectivity index (χ3v) is 8.22. The first-order valence-electron chi connectivity index (χ1n) is 13.2. The molecule has 9 nitrogen and oxygen atoms in total. The van der Waals surface area contributed by atoms with E-state index in [0.717, 1.165) is 25.7 Å². The van der Waals surface area contributed by atoms with Gasteiger partial charge in [-0.15, -0.1) is 0 Å². The van der Waals surface area contributed by atoms with Gasteiger partial charge in [0.15, 0.2) is 0 Å². The molecule has 10 heteroatoms. The van der Waals surface area contributed by atoms with Gasteiger partial charge in [0.2, 0.25) is 0 Å². The van der Waals surface area contributed by atoms with Crippen molar-refractivity contribution in [2.75, 3.05) is 19.7 Å². The molecule has 38 heavy (non-hydrogen) atoms. The fraction of sp³-hybridized carbons (Fsp3) is 0.500. The Morgan fingerprint density at radius 3 is 2.74 bits per heavy atom. The van der Waals surface area contributed by atoms with E-state index in [1.807, 2.05) is 0 Å². The van der Waals surface area contributed by atoms with Gasteiger partial charge < -0.3 is 25.0 Å². The standard InChI is InChI=1S/C28H32FN5O4/c1-14-4-7-18(38-11-17-5-6-17)21(22(14)29)24-25-23(30-13-31-24)20(15(2)32-25)26(36)33-19-10-34(27(37)16(3)35)12-28(19)8-9-28/h4,7,13,16-17,19,32,35H,5-6,8-12H2,1-3H3,(H,33,36)/t16-,19?/m0/s1. The summed E-state index contributed by atoms with van der Waals surface area (Å²) >= 11 is 0. The Hall–Kier alpha value is -3.53. The second kappa shape index (κ2) is 9.04. The number of aromatic nitrogens is 3. The van der Waals surface area contributed by atoms with Gasteiger partial charge in [-0.1, -0.05) is 6.07 Å². The van der Waals surface area contributed by atoms with Gasteiger partial charge in [0.1, 0.15) is 35.2 Å². The zero-order valence-corrected chi connectivity index (χ0v) is 21.8. The van der Waals surface area contributed by atoms with E-state index < -0.39 is 11.9 Å². The summed E-state index contributed by atoms with van der Waals surface area (Å²) in [6.07, 6.45) is 4.32. The van der Waals surface area contributed by atoms with Gasteiger partial charge in [0, 0.05) is 24.2 Å². The number of halogens is 1. The van der Waals surface area contributed by atoms with Gasteiger partial charge in [0.25, 0.3) is 11.8 Å². The molecule has 3 fully saturated rings. The highest BCUT2D eigenvalue weighted by Gasteiger charge is 2.56. The number of nitrogens with one attached hydrogen (secondary N) is 2. The molecule has 3 aliphatic rings. The summed E-state index contributed by atoms with van der Waals surface area (Å²) in [5.74, 6) is -0.133. The number of amides is 2. The number of benzene rings is 1. The Bertz CT molecular complexity index is 1440. The minimum atomic E-state index is -1.08. The Balaban J connectivity index is 1.33. The second-order valence-electron chi connectivity index (χ2n) is 11.2. The molecule has 1 aliphatic heterocycles. The molecule has 0 radical (unpaired) electrons. The van der Waals surface area contributed by atoms with Crippen LogP contribution in [-0.2, 0) is 4.79 Å². The van der Waals surface area contributed by atoms with E-state index in [1.165, 1.54) is 13.3 Å². The molecule has 1 saturated heterocycles. The summed E-state index contributed by atoms with van der Waals surface area (Å²) < 4.78 is 21.5. The van der Waals surface area contributed by atoms with Crippen LogP contribution in [0.5, 0.6) is 5.75 Å². The molecule has 2 atom stereocenters. The second-order valence-corrected chi connectivity index (χ2v) is 11.2. The number of ether oxygens (including phenoxy) is 1. The molecule has 3 N–H and O–H groups in total. The molecule has 3 aromatic rings. The molecule has 0 bridgehead atoms. The predicted molar refractivity (Wildman–Crippen MR) is 138 cm³/mol. The number of carbonyl (C=O) groups is 2. The maximum absolute atomic E-state index is 15.5. The average molecular weight is 522 g/mol. The lowest BCUT2D eigenvalue weighted by Gasteiger charge is -2.19. The Kier molecular flexibility index (Phi) is 5.90. The van der Waals surface area contributed by atoms with E-state index >= 15 is 4.39 Å². The first-order chi connectivity index (χ1) is 18.2. The van der Waals surface area contributed by atoms with Gasteiger partial charge in [-0.2, -0.15) is 0 Å². The largest absolute Gasteiger partial charge is 0.492 e. The lowest BCUT2D eigenvalue weighted by molar-refractivity contribution is -0.138. The van der Waals surface area contributed by atoms with Crippen molar-refractivity contribution in [3.8, 4) is 17.0 Å². The summed E-state index contributed by atoms with van der Waals surface area (Å²) in [6.45, 7) is 6.34. The lowest BCUT2D eigenvalue weighted by Crippen LogP contribution is -2.42. The van der Waals surface area contributed by atoms with Gasteiger partial charge in [-0.25, -0.2) is 14.4 Å². The van der Waals surface area contributed by atoms with Crippen LogP contribution < -0.4 is 10.1 Å². The van der Waals surface area contributed by atoms with Crippen molar-refractivity contribution in [3.05, 3.63) is 41.1 Å². The summed E-state index contributed by atoms with van der Waals surface area (Å²) in [5.41, 5.74) is 2.75. The highest BCUT2D eigenvalue weighted by atomic mass is 19.1. The highest BCUT2D eigenvalue weighted by Crippen LogP contribution is 2.53. The van der Waals surface area contributed by atoms with Crippen LogP contribution >= 0.6 is 0 Å². The van der Waals surface area contributed by atoms with Crippen molar-refractivity contribution in [2.24, 2.45) is 11.3 Å². The molecule has 2 aliphatic carbocycles. The van der Waals surface area contributed by atoms with Crippen molar-refractivity contribution < 1.29 is 23.8 Å². The van der Waals surface area contributed by atoms with E-state index in [1.54, 1.807) is 30.9 Å². The number of rotatable bonds is 7. The molecular weight excluding hydrogens is 489 g/mol. The van der Waals surface area contributed by atoms with E-state index in [-0.39, 0.29) is 28.8 Å². The van der Waals surface area contributed by atoms with Gasteiger partial charge in [-0.3, -0.25) is 9.59 Å². The van der Waals surface area contributed by atoms with Gasteiger partial charge in [-0.05, 0) is 64.0 Å². The number of aliphatic hydroxyl groups excluding tert-OH is 1. The number of carbonyl (C=O) groups excluding carboxylic acids is 2. The number of H-pyrrole nitrogens is 1. The first kappa shape index (κ1) is 24.8. The van der Waals surface area contributed by atoms with E-state index in [4.69, 9.17) is 4.74 Å². The summed E-state index contributed by atoms with van der Waals surface area (Å²) in [6, 6.07) is 3.24. The summed E-state index contributed by atoms with van der Waals surface area (Å²) in [5, 5.41) is 12.9. The summed E-state index contributed by atoms with van der Waals surface area (Å²) in [4.78, 5) is 39.7. The lowest BCUT2D eigenvalue weighted by atomic mass is 10.00. The molecule has 2 aromatic heterocycles. The van der Waals surface area contributed by atoms with Gasteiger partial charge >= 0.3 is 0 Å². The van der Waals surface area contributed by atoms with Crippen LogP contribution in [0.4, 0.5) is 4.39 Å². The number of nitrogens with zero attached hydrogens (tertiary/aromatic N) is 3. The van der Waals surface area contributed by atoms with Crippen LogP contribution in [0.1, 0.15) is 54.2 Å². The third-order valence-electron chi connectivity index (χ3n) is 8.22. The molecule has 1 unspecified atom stereocenters. The number of likely N-dealkylation sites (tertiary alicyclic amines) is 1. The molecule has 6 rings (SSSR count). The quantitative estimate of drug-likeness (QED) is 0.439. The molecule has 2 saturated carbocycles. The van der Waals surface area contributed by atoms with Crippen molar-refractivity contribution in [2.45, 2.75) is 58.6 Å². The van der Waals surface area contributed by atoms with Crippen molar-refractivity contribution in [3.63, 3.8) is 0 Å². The van der Waals surface area contributed by atoms with E-state index in [0.29, 0.717) is 64.9 Å². The van der Waals surface area contributed by atoms with E-state index in [2.05, 4.69) is 20.3 Å². The molecule has 1 spiro atoms. The minimum absolute atomic E-state index is 0.154. The van der Waals surface area contributed by atoms with Crippen LogP contribution in [0.25, 0.3) is 22.3 Å². The molecular formula is C28H32FN5O4. The zero-order chi connectivity index (χ0) is 26.8. The molecule has 200 valence electrons. The van der Waals surface area contributed by atoms with Crippen LogP contribution in [0, 0.1) is 31.0 Å². The SMILES string of the molecule is Cc1ccc(OCC2CC2)c(-c2ncnc3c(C(=O)NC4CN(C(=O)[C@H](C)O)CC45CC5)c(C)[nH]c23)c1F. The average Bonchev–Trinajstić information content (AvgIpc) is 3.79. The number of aliphatic hydroxyl groups is 1. The van der Waals surface area contributed by atoms with E-state index in [9.17, 15) is 14.7 Å². The smallest absolute Gasteiger partial charge is 0.255 e. The molecule has 1 aromatic carbocycles. The number of hydrogen-bond acceptors (Lipinski definition) is 6. The Labute approximate surface area is 219 Å². The highest BCUT2D eigenvalue weighted by molar-refractivity contribution is 6.09. The topological polar surface area (TPSA) is 120 Å². The van der Waals surface area contributed by atoms with Crippen LogP contribution in [0.15, 0.2) is 18.5 Å². The fourth-order valence-electron chi connectivity index (χ4n) is 5.58. The van der Waals surface area contributed by atoms with Gasteiger partial charge in [0.05, 0.1) is 29.3 Å². The molecule has 3 heterocycles. The maximum Gasteiger partial charge on any atom is 0.255 e. The number of hydrogen-bond donors (Lipinski definition) is 3. The van der Waals surface area contributed by atoms with Crippen LogP contribution in [-0.4, -0.2) is 68.6 Å². The third kappa shape index (κ3) is 4.20. The fourth-order valence-corrected chi connectivity index (χ4v) is 5.58. The summed E-state index contributed by atoms with van der Waals surface area (Å²) in [7, 11) is 0. The minimum Gasteiger partial charge on any atom is -0.492 e. The van der Waals surface area contributed by atoms with Crippen molar-refractivity contribution >= 4 is 22.8 Å². The maximum atomic E-state index is 15.5. The zero-order valence-electron chi connectivity index (χ0n) is 21.8. The Morgan fingerprint density at radius 1 is 1.29 bits per heavy atom. The van der Waals surface area contributed by atoms with Crippen molar-refractivity contribution in [1.29, 1.82) is 0 Å². The Morgan fingerprint density at radius 2 is 2.05 bits per heavy atom. The van der Waals surface area contributed by atoms with Crippen molar-refractivity contribution in [1.82, 2.24) is 25.2 Å².